The molecule has 1 saturated heterocycles. The first-order chi connectivity index (χ1) is 13.5. The van der Waals surface area contributed by atoms with Crippen LogP contribution in [0.2, 0.25) is 0 Å². The third-order valence-electron chi connectivity index (χ3n) is 4.17. The molecular formula is C15H24N12O. The van der Waals surface area contributed by atoms with Crippen molar-refractivity contribution in [2.24, 2.45) is 7.05 Å². The van der Waals surface area contributed by atoms with Crippen LogP contribution in [0.5, 0.6) is 0 Å². The lowest BCUT2D eigenvalue weighted by atomic mass is 10.3. The molecule has 2 aromatic rings. The van der Waals surface area contributed by atoms with E-state index in [1.165, 1.54) is 0 Å². The second kappa shape index (κ2) is 8.47. The third kappa shape index (κ3) is 4.09. The van der Waals surface area contributed by atoms with Crippen LogP contribution in [-0.4, -0.2) is 79.7 Å². The van der Waals surface area contributed by atoms with Gasteiger partial charge in [0.15, 0.2) is 11.7 Å². The van der Waals surface area contributed by atoms with E-state index in [9.17, 15) is 4.79 Å². The van der Waals surface area contributed by atoms with Crippen molar-refractivity contribution in [1.29, 1.82) is 5.41 Å². The van der Waals surface area contributed by atoms with Gasteiger partial charge < -0.3 is 25.4 Å². The van der Waals surface area contributed by atoms with Crippen LogP contribution < -0.4 is 21.3 Å². The van der Waals surface area contributed by atoms with E-state index in [1.54, 1.807) is 11.6 Å². The van der Waals surface area contributed by atoms with Crippen molar-refractivity contribution < 1.29 is 4.79 Å². The second-order valence-electron chi connectivity index (χ2n) is 6.10. The number of H-pyrrole nitrogens is 1. The highest BCUT2D eigenvalue weighted by Gasteiger charge is 2.26. The summed E-state index contributed by atoms with van der Waals surface area (Å²) >= 11 is 0. The molecule has 1 aliphatic heterocycles. The predicted molar refractivity (Wildman–Crippen MR) is 103 cm³/mol. The van der Waals surface area contributed by atoms with Gasteiger partial charge >= 0.3 is 6.03 Å². The van der Waals surface area contributed by atoms with E-state index in [4.69, 9.17) is 5.41 Å². The minimum absolute atomic E-state index is 0.253. The molecule has 0 saturated carbocycles. The third-order valence-corrected chi connectivity index (χ3v) is 4.17. The zero-order valence-corrected chi connectivity index (χ0v) is 15.8. The predicted octanol–water partition coefficient (Wildman–Crippen LogP) is -0.967. The van der Waals surface area contributed by atoms with Gasteiger partial charge in [0.2, 0.25) is 5.82 Å². The van der Waals surface area contributed by atoms with Crippen LogP contribution in [0.25, 0.3) is 11.6 Å². The van der Waals surface area contributed by atoms with Crippen LogP contribution in [0.1, 0.15) is 12.6 Å². The number of aromatic nitrogens is 6. The number of amides is 2. The minimum Gasteiger partial charge on any atom is -0.353 e. The van der Waals surface area contributed by atoms with Gasteiger partial charge in [-0.25, -0.2) is 9.78 Å². The molecule has 2 aromatic heterocycles. The maximum Gasteiger partial charge on any atom is 0.320 e. The number of anilines is 1. The maximum atomic E-state index is 11.8. The topological polar surface area (TPSA) is 165 Å². The number of tetrazole rings is 1. The van der Waals surface area contributed by atoms with Crippen LogP contribution in [0.3, 0.4) is 0 Å². The Morgan fingerprint density at radius 2 is 2.11 bits per heavy atom. The fraction of sp³-hybridized carbons (Fsp3) is 0.467. The van der Waals surface area contributed by atoms with Crippen LogP contribution >= 0.6 is 0 Å². The minimum atomic E-state index is -0.376. The number of hydrogen-bond donors (Lipinski definition) is 6. The van der Waals surface area contributed by atoms with Gasteiger partial charge in [0.25, 0.3) is 0 Å². The number of hydrogen-bond acceptors (Lipinski definition) is 8. The highest BCUT2D eigenvalue weighted by molar-refractivity contribution is 6.00. The van der Waals surface area contributed by atoms with E-state index >= 15 is 0 Å². The molecule has 1 aliphatic rings. The van der Waals surface area contributed by atoms with E-state index < -0.39 is 0 Å². The number of amidine groups is 1. The molecule has 0 unspecified atom stereocenters. The number of carbonyl (C=O) groups excluding carboxylic acids is 1. The molecular weight excluding hydrogens is 364 g/mol. The number of rotatable bonds is 6. The van der Waals surface area contributed by atoms with E-state index in [0.717, 1.165) is 13.1 Å². The first kappa shape index (κ1) is 19.3. The summed E-state index contributed by atoms with van der Waals surface area (Å²) < 4.78 is 1.70. The van der Waals surface area contributed by atoms with Crippen LogP contribution in [0, 0.1) is 5.41 Å². The Morgan fingerprint density at radius 3 is 2.75 bits per heavy atom. The largest absolute Gasteiger partial charge is 0.353 e. The molecule has 0 spiro atoms. The standard InChI is InChI=1S/C15H24N12O/c1-4-18-15(28)20-9(2)19-13-10(11(16)27-7-5-17-6-8-27)21-14(26(13)3)12-22-24-25-23-12/h16-17,19H,2,4-8H2,1,3H3,(H2,18,20,28)(H,22,23,24,25). The van der Waals surface area contributed by atoms with Gasteiger partial charge in [0.05, 0.1) is 0 Å². The molecule has 0 aromatic carbocycles. The van der Waals surface area contributed by atoms with E-state index in [-0.39, 0.29) is 17.7 Å². The Bertz CT molecular complexity index is 849. The Kier molecular flexibility index (Phi) is 5.84. The maximum absolute atomic E-state index is 11.8. The average molecular weight is 388 g/mol. The Morgan fingerprint density at radius 1 is 1.36 bits per heavy atom. The number of nitrogens with zero attached hydrogens (tertiary/aromatic N) is 6. The molecule has 28 heavy (non-hydrogen) atoms. The Balaban J connectivity index is 1.90. The van der Waals surface area contributed by atoms with Gasteiger partial charge in [-0.3, -0.25) is 10.7 Å². The lowest BCUT2D eigenvalue weighted by Gasteiger charge is -2.29. The SMILES string of the molecule is C=C(NC(=O)NCC)Nc1c(C(=N)N2CCNCC2)nc(-c2nn[nH]n2)n1C. The molecule has 3 heterocycles. The van der Waals surface area contributed by atoms with Crippen molar-refractivity contribution in [3.05, 3.63) is 18.1 Å². The summed E-state index contributed by atoms with van der Waals surface area (Å²) in [6.45, 7) is 9.13. The van der Waals surface area contributed by atoms with Gasteiger partial charge in [0, 0.05) is 39.8 Å². The van der Waals surface area contributed by atoms with Gasteiger partial charge in [-0.1, -0.05) is 6.58 Å². The van der Waals surface area contributed by atoms with Crippen molar-refractivity contribution in [2.45, 2.75) is 6.92 Å². The van der Waals surface area contributed by atoms with Gasteiger partial charge in [0.1, 0.15) is 17.3 Å². The summed E-state index contributed by atoms with van der Waals surface area (Å²) in [5.74, 6) is 1.73. The van der Waals surface area contributed by atoms with Crippen LogP contribution in [-0.2, 0) is 7.05 Å². The lowest BCUT2D eigenvalue weighted by molar-refractivity contribution is 0.244. The highest BCUT2D eigenvalue weighted by atomic mass is 16.2. The summed E-state index contributed by atoms with van der Waals surface area (Å²) in [7, 11) is 1.76. The number of urea groups is 1. The van der Waals surface area contributed by atoms with Crippen LogP contribution in [0.15, 0.2) is 12.4 Å². The fourth-order valence-corrected chi connectivity index (χ4v) is 2.82. The molecule has 1 fully saturated rings. The smallest absolute Gasteiger partial charge is 0.320 e. The fourth-order valence-electron chi connectivity index (χ4n) is 2.82. The number of carbonyl (C=O) groups is 1. The van der Waals surface area contributed by atoms with Gasteiger partial charge in [-0.15, -0.1) is 10.2 Å². The van der Waals surface area contributed by atoms with E-state index in [2.05, 4.69) is 53.5 Å². The summed E-state index contributed by atoms with van der Waals surface area (Å²) in [6, 6.07) is -0.376. The quantitative estimate of drug-likeness (QED) is 0.272. The first-order valence-electron chi connectivity index (χ1n) is 8.87. The van der Waals surface area contributed by atoms with E-state index in [0.29, 0.717) is 42.8 Å². The molecule has 150 valence electrons. The summed E-state index contributed by atoms with van der Waals surface area (Å²) in [6.07, 6.45) is 0. The van der Waals surface area contributed by atoms with Crippen molar-refractivity contribution >= 4 is 17.7 Å². The Hall–Kier alpha value is -3.48. The zero-order chi connectivity index (χ0) is 20.1. The highest BCUT2D eigenvalue weighted by Crippen LogP contribution is 2.24. The lowest BCUT2D eigenvalue weighted by Crippen LogP contribution is -2.46. The Labute approximate surface area is 161 Å². The van der Waals surface area contributed by atoms with Crippen LogP contribution in [0.4, 0.5) is 10.6 Å². The zero-order valence-electron chi connectivity index (χ0n) is 15.8. The summed E-state index contributed by atoms with van der Waals surface area (Å²) in [4.78, 5) is 18.2. The van der Waals surface area contributed by atoms with Gasteiger partial charge in [-0.2, -0.15) is 5.21 Å². The molecule has 0 atom stereocenters. The molecule has 13 heteroatoms. The monoisotopic (exact) mass is 388 g/mol. The van der Waals surface area contributed by atoms with Crippen molar-refractivity contribution in [3.8, 4) is 11.6 Å². The molecule has 0 aliphatic carbocycles. The van der Waals surface area contributed by atoms with Crippen molar-refractivity contribution in [1.82, 2.24) is 51.0 Å². The average Bonchev–Trinajstić information content (AvgIpc) is 3.31. The number of imidazole rings is 1. The van der Waals surface area contributed by atoms with Crippen molar-refractivity contribution in [3.63, 3.8) is 0 Å². The molecule has 6 N–H and O–H groups in total. The summed E-state index contributed by atoms with van der Waals surface area (Å²) in [5, 5.41) is 34.1. The number of nitrogens with one attached hydrogen (secondary N) is 6. The number of piperazine rings is 1. The normalized spacial score (nSPS) is 13.9. The summed E-state index contributed by atoms with van der Waals surface area (Å²) in [5.41, 5.74) is 0.406. The molecule has 3 rings (SSSR count). The molecule has 2 amide bonds. The number of aromatic amines is 1. The van der Waals surface area contributed by atoms with Gasteiger partial charge in [-0.05, 0) is 12.1 Å². The van der Waals surface area contributed by atoms with Crippen molar-refractivity contribution in [2.75, 3.05) is 38.0 Å². The molecule has 13 nitrogen and oxygen atoms in total. The van der Waals surface area contributed by atoms with E-state index in [1.807, 2.05) is 11.8 Å². The first-order valence-corrected chi connectivity index (χ1v) is 8.87. The molecule has 0 bridgehead atoms. The second-order valence-corrected chi connectivity index (χ2v) is 6.10. The molecule has 0 radical (unpaired) electrons.